The Labute approximate surface area is 113 Å². The average molecular weight is 258 g/mol. The number of nitrogens with one attached hydrogen (secondary N) is 1. The molecule has 3 heteroatoms. The lowest BCUT2D eigenvalue weighted by molar-refractivity contribution is 0.615. The van der Waals surface area contributed by atoms with Gasteiger partial charge in [0, 0.05) is 18.3 Å². The number of nitrogens with zero attached hydrogens (tertiary/aromatic N) is 1. The van der Waals surface area contributed by atoms with Gasteiger partial charge in [-0.2, -0.15) is 0 Å². The number of halogens is 1. The van der Waals surface area contributed by atoms with Crippen LogP contribution in [-0.4, -0.2) is 18.6 Å². The van der Waals surface area contributed by atoms with Crippen LogP contribution in [0, 0.1) is 5.82 Å². The van der Waals surface area contributed by atoms with Gasteiger partial charge in [0.15, 0.2) is 0 Å². The number of benzene rings is 1. The second kappa shape index (κ2) is 7.00. The molecular weight excluding hydrogens is 239 g/mol. The Morgan fingerprint density at radius 2 is 1.68 bits per heavy atom. The third-order valence-electron chi connectivity index (χ3n) is 3.30. The monoisotopic (exact) mass is 258 g/mol. The van der Waals surface area contributed by atoms with Gasteiger partial charge in [-0.25, -0.2) is 4.39 Å². The molecule has 2 aromatic rings. The topological polar surface area (TPSA) is 24.9 Å². The van der Waals surface area contributed by atoms with Gasteiger partial charge >= 0.3 is 0 Å². The highest BCUT2D eigenvalue weighted by molar-refractivity contribution is 5.31. The van der Waals surface area contributed by atoms with Crippen LogP contribution in [-0.2, 0) is 0 Å². The summed E-state index contributed by atoms with van der Waals surface area (Å²) in [4.78, 5) is 4.06. The van der Waals surface area contributed by atoms with E-state index >= 15 is 0 Å². The Bertz CT molecular complexity index is 482. The van der Waals surface area contributed by atoms with E-state index in [1.807, 2.05) is 43.7 Å². The first-order valence-corrected chi connectivity index (χ1v) is 6.61. The number of rotatable bonds is 6. The maximum Gasteiger partial charge on any atom is 0.123 e. The summed E-state index contributed by atoms with van der Waals surface area (Å²) < 4.78 is 13.0. The molecule has 19 heavy (non-hydrogen) atoms. The average Bonchev–Trinajstić information content (AvgIpc) is 2.46. The van der Waals surface area contributed by atoms with Crippen molar-refractivity contribution in [3.63, 3.8) is 0 Å². The summed E-state index contributed by atoms with van der Waals surface area (Å²) in [5.74, 6) is 0.115. The van der Waals surface area contributed by atoms with Crippen LogP contribution in [0.25, 0.3) is 0 Å². The quantitative estimate of drug-likeness (QED) is 0.804. The van der Waals surface area contributed by atoms with Crippen molar-refractivity contribution in [3.05, 3.63) is 65.7 Å². The molecule has 0 aliphatic heterocycles. The van der Waals surface area contributed by atoms with Gasteiger partial charge in [0.2, 0.25) is 0 Å². The van der Waals surface area contributed by atoms with E-state index in [1.165, 1.54) is 17.7 Å². The maximum absolute atomic E-state index is 13.0. The summed E-state index contributed by atoms with van der Waals surface area (Å²) in [5.41, 5.74) is 2.39. The molecule has 1 N–H and O–H groups in total. The molecule has 0 saturated heterocycles. The molecule has 1 heterocycles. The van der Waals surface area contributed by atoms with Gasteiger partial charge in [0.05, 0.1) is 0 Å². The third kappa shape index (κ3) is 3.86. The fourth-order valence-corrected chi connectivity index (χ4v) is 2.30. The van der Waals surface area contributed by atoms with E-state index < -0.39 is 0 Å². The summed E-state index contributed by atoms with van der Waals surface area (Å²) in [5, 5.41) is 3.16. The van der Waals surface area contributed by atoms with E-state index in [4.69, 9.17) is 0 Å². The third-order valence-corrected chi connectivity index (χ3v) is 3.30. The Hall–Kier alpha value is -1.74. The normalized spacial score (nSPS) is 12.3. The van der Waals surface area contributed by atoms with Gasteiger partial charge in [-0.15, -0.1) is 0 Å². The first-order valence-electron chi connectivity index (χ1n) is 6.61. The van der Waals surface area contributed by atoms with E-state index in [1.54, 1.807) is 0 Å². The summed E-state index contributed by atoms with van der Waals surface area (Å²) in [6.45, 7) is 0.989. The van der Waals surface area contributed by atoms with Crippen molar-refractivity contribution in [1.29, 1.82) is 0 Å². The number of hydrogen-bond donors (Lipinski definition) is 1. The van der Waals surface area contributed by atoms with Crippen molar-refractivity contribution in [2.75, 3.05) is 13.6 Å². The molecule has 0 saturated carbocycles. The van der Waals surface area contributed by atoms with Crippen molar-refractivity contribution in [3.8, 4) is 0 Å². The van der Waals surface area contributed by atoms with Crippen molar-refractivity contribution >= 4 is 0 Å². The molecule has 1 unspecified atom stereocenters. The van der Waals surface area contributed by atoms with Crippen molar-refractivity contribution in [2.24, 2.45) is 0 Å². The number of aromatic nitrogens is 1. The highest BCUT2D eigenvalue weighted by atomic mass is 19.1. The molecule has 0 amide bonds. The van der Waals surface area contributed by atoms with Crippen LogP contribution in [0.5, 0.6) is 0 Å². The largest absolute Gasteiger partial charge is 0.320 e. The molecule has 0 radical (unpaired) electrons. The van der Waals surface area contributed by atoms with E-state index in [2.05, 4.69) is 10.3 Å². The SMILES string of the molecule is CNCCCC(c1ccncc1)c1ccc(F)cc1. The lowest BCUT2D eigenvalue weighted by Crippen LogP contribution is -2.10. The molecule has 2 rings (SSSR count). The van der Waals surface area contributed by atoms with Crippen LogP contribution >= 0.6 is 0 Å². The smallest absolute Gasteiger partial charge is 0.123 e. The molecule has 0 fully saturated rings. The standard InChI is InChI=1S/C16H19FN2/c1-18-10-2-3-16(14-8-11-19-12-9-14)13-4-6-15(17)7-5-13/h4-9,11-12,16,18H,2-3,10H2,1H3. The molecule has 0 bridgehead atoms. The summed E-state index contributed by atoms with van der Waals surface area (Å²) in [7, 11) is 1.96. The van der Waals surface area contributed by atoms with Gasteiger partial charge in [-0.1, -0.05) is 12.1 Å². The molecule has 1 aromatic heterocycles. The second-order valence-electron chi connectivity index (χ2n) is 4.63. The highest BCUT2D eigenvalue weighted by Crippen LogP contribution is 2.28. The first kappa shape index (κ1) is 13.7. The van der Waals surface area contributed by atoms with Crippen LogP contribution in [0.15, 0.2) is 48.8 Å². The van der Waals surface area contributed by atoms with Crippen molar-refractivity contribution in [2.45, 2.75) is 18.8 Å². The summed E-state index contributed by atoms with van der Waals surface area (Å²) in [6, 6.07) is 10.9. The fourth-order valence-electron chi connectivity index (χ4n) is 2.30. The molecule has 1 atom stereocenters. The van der Waals surface area contributed by atoms with Gasteiger partial charge in [-0.3, -0.25) is 4.98 Å². The van der Waals surface area contributed by atoms with E-state index in [-0.39, 0.29) is 5.82 Å². The summed E-state index contributed by atoms with van der Waals surface area (Å²) >= 11 is 0. The van der Waals surface area contributed by atoms with Crippen LogP contribution in [0.2, 0.25) is 0 Å². The molecule has 100 valence electrons. The minimum absolute atomic E-state index is 0.188. The van der Waals surface area contributed by atoms with E-state index in [0.717, 1.165) is 24.9 Å². The maximum atomic E-state index is 13.0. The predicted molar refractivity (Wildman–Crippen MR) is 75.6 cm³/mol. The zero-order valence-electron chi connectivity index (χ0n) is 11.1. The Balaban J connectivity index is 2.21. The second-order valence-corrected chi connectivity index (χ2v) is 4.63. The van der Waals surface area contributed by atoms with Gasteiger partial charge in [0.1, 0.15) is 5.82 Å². The summed E-state index contributed by atoms with van der Waals surface area (Å²) in [6.07, 6.45) is 5.74. The van der Waals surface area contributed by atoms with Crippen LogP contribution in [0.3, 0.4) is 0 Å². The molecule has 0 aliphatic rings. The molecule has 1 aromatic carbocycles. The predicted octanol–water partition coefficient (Wildman–Crippen LogP) is 3.35. The van der Waals surface area contributed by atoms with Crippen LogP contribution < -0.4 is 5.32 Å². The lowest BCUT2D eigenvalue weighted by atomic mass is 9.88. The van der Waals surface area contributed by atoms with Crippen molar-refractivity contribution in [1.82, 2.24) is 10.3 Å². The Morgan fingerprint density at radius 1 is 1.05 bits per heavy atom. The minimum atomic E-state index is -0.188. The van der Waals surface area contributed by atoms with Gasteiger partial charge in [-0.05, 0) is 61.8 Å². The van der Waals surface area contributed by atoms with Gasteiger partial charge in [0.25, 0.3) is 0 Å². The number of pyridine rings is 1. The Morgan fingerprint density at radius 3 is 2.32 bits per heavy atom. The zero-order chi connectivity index (χ0) is 13.5. The number of hydrogen-bond acceptors (Lipinski definition) is 2. The zero-order valence-corrected chi connectivity index (χ0v) is 11.1. The lowest BCUT2D eigenvalue weighted by Gasteiger charge is -2.18. The highest BCUT2D eigenvalue weighted by Gasteiger charge is 2.13. The first-order chi connectivity index (χ1) is 9.31. The molecular formula is C16H19FN2. The molecule has 0 spiro atoms. The van der Waals surface area contributed by atoms with Crippen LogP contribution in [0.4, 0.5) is 4.39 Å². The van der Waals surface area contributed by atoms with Crippen molar-refractivity contribution < 1.29 is 4.39 Å². The molecule has 0 aliphatic carbocycles. The van der Waals surface area contributed by atoms with E-state index in [9.17, 15) is 4.39 Å². The molecule has 2 nitrogen and oxygen atoms in total. The van der Waals surface area contributed by atoms with Gasteiger partial charge < -0.3 is 5.32 Å². The fraction of sp³-hybridized carbons (Fsp3) is 0.312. The minimum Gasteiger partial charge on any atom is -0.320 e. The Kier molecular flexibility index (Phi) is 5.04. The van der Waals surface area contributed by atoms with E-state index in [0.29, 0.717) is 5.92 Å². The van der Waals surface area contributed by atoms with Crippen LogP contribution in [0.1, 0.15) is 29.9 Å².